The van der Waals surface area contributed by atoms with Gasteiger partial charge < -0.3 is 10.4 Å². The summed E-state index contributed by atoms with van der Waals surface area (Å²) in [4.78, 5) is 14.7. The summed E-state index contributed by atoms with van der Waals surface area (Å²) in [6, 6.07) is 9.55. The third-order valence-electron chi connectivity index (χ3n) is 4.60. The van der Waals surface area contributed by atoms with E-state index in [0.717, 1.165) is 37.3 Å². The highest BCUT2D eigenvalue weighted by atomic mass is 16.3. The van der Waals surface area contributed by atoms with E-state index in [1.807, 2.05) is 37.4 Å². The van der Waals surface area contributed by atoms with Crippen LogP contribution in [0.1, 0.15) is 47.8 Å². The number of aromatic nitrogens is 2. The molecule has 1 aromatic carbocycles. The van der Waals surface area contributed by atoms with Crippen LogP contribution in [0.4, 0.5) is 5.82 Å². The van der Waals surface area contributed by atoms with Crippen molar-refractivity contribution in [3.8, 4) is 0 Å². The second-order valence-corrected chi connectivity index (χ2v) is 7.06. The second kappa shape index (κ2) is 7.37. The van der Waals surface area contributed by atoms with Crippen LogP contribution in [0.3, 0.4) is 0 Å². The van der Waals surface area contributed by atoms with Gasteiger partial charge in [0.05, 0.1) is 11.8 Å². The van der Waals surface area contributed by atoms with Crippen molar-refractivity contribution in [2.45, 2.75) is 38.8 Å². The van der Waals surface area contributed by atoms with Gasteiger partial charge in [-0.15, -0.1) is 0 Å². The van der Waals surface area contributed by atoms with Gasteiger partial charge in [0.2, 0.25) is 0 Å². The van der Waals surface area contributed by atoms with Gasteiger partial charge in [-0.2, -0.15) is 5.10 Å². The topological polar surface area (TPSA) is 70.4 Å². The van der Waals surface area contributed by atoms with E-state index in [4.69, 9.17) is 0 Å². The molecule has 0 aliphatic carbocycles. The molecule has 2 N–H and O–H groups in total. The quantitative estimate of drug-likeness (QED) is 0.875. The fourth-order valence-electron chi connectivity index (χ4n) is 3.05. The molecule has 1 amide bonds. The summed E-state index contributed by atoms with van der Waals surface area (Å²) in [5.41, 5.74) is 2.73. The Labute approximate surface area is 148 Å². The van der Waals surface area contributed by atoms with Crippen LogP contribution in [0.2, 0.25) is 0 Å². The van der Waals surface area contributed by atoms with Gasteiger partial charge in [0, 0.05) is 38.3 Å². The molecule has 1 saturated heterocycles. The van der Waals surface area contributed by atoms with Gasteiger partial charge in [-0.05, 0) is 30.0 Å². The zero-order chi connectivity index (χ0) is 18.0. The fourth-order valence-corrected chi connectivity index (χ4v) is 3.05. The molecule has 1 aromatic heterocycles. The highest BCUT2D eigenvalue weighted by Gasteiger charge is 2.20. The Hall–Kier alpha value is -2.18. The second-order valence-electron chi connectivity index (χ2n) is 7.06. The first-order valence-corrected chi connectivity index (χ1v) is 8.77. The molecule has 25 heavy (non-hydrogen) atoms. The summed E-state index contributed by atoms with van der Waals surface area (Å²) in [5.74, 6) is 0.880. The number of likely N-dealkylation sites (tertiary alicyclic amines) is 1. The normalized spacial score (nSPS) is 18.0. The maximum atomic E-state index is 12.4. The van der Waals surface area contributed by atoms with Crippen LogP contribution in [0.5, 0.6) is 0 Å². The molecule has 6 heteroatoms. The SMILES string of the molecule is CC(C)c1cc(NC(=O)c2ccc(CN3CC[C@H](O)C3)cc2)n(C)n1. The first kappa shape index (κ1) is 17.6. The summed E-state index contributed by atoms with van der Waals surface area (Å²) in [7, 11) is 1.83. The Morgan fingerprint density at radius 1 is 1.36 bits per heavy atom. The van der Waals surface area contributed by atoms with Crippen molar-refractivity contribution in [2.75, 3.05) is 18.4 Å². The zero-order valence-electron chi connectivity index (χ0n) is 15.1. The van der Waals surface area contributed by atoms with E-state index in [1.54, 1.807) is 4.68 Å². The molecule has 2 aromatic rings. The maximum absolute atomic E-state index is 12.4. The predicted octanol–water partition coefficient (Wildman–Crippen LogP) is 2.36. The Morgan fingerprint density at radius 3 is 2.64 bits per heavy atom. The largest absolute Gasteiger partial charge is 0.392 e. The number of hydrogen-bond donors (Lipinski definition) is 2. The third-order valence-corrected chi connectivity index (χ3v) is 4.60. The average molecular weight is 342 g/mol. The number of benzene rings is 1. The van der Waals surface area contributed by atoms with Gasteiger partial charge in [0.1, 0.15) is 5.82 Å². The smallest absolute Gasteiger partial charge is 0.256 e. The number of aryl methyl sites for hydroxylation is 1. The molecule has 3 rings (SSSR count). The Kier molecular flexibility index (Phi) is 5.20. The number of anilines is 1. The molecule has 0 unspecified atom stereocenters. The molecule has 1 aliphatic heterocycles. The summed E-state index contributed by atoms with van der Waals surface area (Å²) in [6.07, 6.45) is 0.628. The van der Waals surface area contributed by atoms with Crippen molar-refractivity contribution < 1.29 is 9.90 Å². The highest BCUT2D eigenvalue weighted by molar-refractivity contribution is 6.03. The summed E-state index contributed by atoms with van der Waals surface area (Å²) in [5, 5.41) is 16.9. The van der Waals surface area contributed by atoms with Crippen molar-refractivity contribution in [3.05, 3.63) is 47.2 Å². The van der Waals surface area contributed by atoms with Crippen molar-refractivity contribution in [3.63, 3.8) is 0 Å². The van der Waals surface area contributed by atoms with E-state index in [0.29, 0.717) is 17.3 Å². The van der Waals surface area contributed by atoms with E-state index in [-0.39, 0.29) is 12.0 Å². The monoisotopic (exact) mass is 342 g/mol. The van der Waals surface area contributed by atoms with Gasteiger partial charge in [0.15, 0.2) is 0 Å². The molecule has 134 valence electrons. The lowest BCUT2D eigenvalue weighted by atomic mass is 10.1. The molecule has 2 heterocycles. The molecular formula is C19H26N4O2. The number of β-amino-alcohol motifs (C(OH)–C–C–N with tert-alkyl or cyclic N) is 1. The van der Waals surface area contributed by atoms with E-state index in [1.165, 1.54) is 0 Å². The Morgan fingerprint density at radius 2 is 2.08 bits per heavy atom. The average Bonchev–Trinajstić information content (AvgIpc) is 3.14. The van der Waals surface area contributed by atoms with Crippen molar-refractivity contribution >= 4 is 11.7 Å². The predicted molar refractivity (Wildman–Crippen MR) is 97.6 cm³/mol. The van der Waals surface area contributed by atoms with Crippen LogP contribution in [-0.4, -0.2) is 44.9 Å². The lowest BCUT2D eigenvalue weighted by Crippen LogP contribution is -2.21. The van der Waals surface area contributed by atoms with Crippen LogP contribution in [-0.2, 0) is 13.6 Å². The van der Waals surface area contributed by atoms with Crippen LogP contribution < -0.4 is 5.32 Å². The molecule has 0 radical (unpaired) electrons. The Balaban J connectivity index is 1.62. The minimum atomic E-state index is -0.209. The number of rotatable bonds is 5. The number of hydrogen-bond acceptors (Lipinski definition) is 4. The molecule has 0 saturated carbocycles. The van der Waals surface area contributed by atoms with Gasteiger partial charge in [-0.25, -0.2) is 0 Å². The minimum Gasteiger partial charge on any atom is -0.392 e. The Bertz CT molecular complexity index is 736. The zero-order valence-corrected chi connectivity index (χ0v) is 15.1. The van der Waals surface area contributed by atoms with Gasteiger partial charge in [-0.3, -0.25) is 14.4 Å². The number of amides is 1. The molecule has 6 nitrogen and oxygen atoms in total. The summed E-state index contributed by atoms with van der Waals surface area (Å²) >= 11 is 0. The number of carbonyl (C=O) groups excluding carboxylic acids is 1. The van der Waals surface area contributed by atoms with Gasteiger partial charge in [-0.1, -0.05) is 26.0 Å². The van der Waals surface area contributed by atoms with Crippen LogP contribution >= 0.6 is 0 Å². The van der Waals surface area contributed by atoms with E-state index in [2.05, 4.69) is 29.2 Å². The summed E-state index contributed by atoms with van der Waals surface area (Å²) in [6.45, 7) is 6.60. The van der Waals surface area contributed by atoms with E-state index < -0.39 is 0 Å². The number of aliphatic hydroxyl groups is 1. The lowest BCUT2D eigenvalue weighted by molar-refractivity contribution is 0.102. The highest BCUT2D eigenvalue weighted by Crippen LogP contribution is 2.18. The molecule has 0 spiro atoms. The third kappa shape index (κ3) is 4.27. The lowest BCUT2D eigenvalue weighted by Gasteiger charge is -2.15. The van der Waals surface area contributed by atoms with E-state index in [9.17, 15) is 9.90 Å². The number of nitrogens with one attached hydrogen (secondary N) is 1. The maximum Gasteiger partial charge on any atom is 0.256 e. The minimum absolute atomic E-state index is 0.138. The van der Waals surface area contributed by atoms with Gasteiger partial charge in [0.25, 0.3) is 5.91 Å². The van der Waals surface area contributed by atoms with Crippen molar-refractivity contribution in [1.29, 1.82) is 0 Å². The fraction of sp³-hybridized carbons (Fsp3) is 0.474. The molecule has 0 bridgehead atoms. The van der Waals surface area contributed by atoms with Crippen LogP contribution in [0.15, 0.2) is 30.3 Å². The van der Waals surface area contributed by atoms with Crippen molar-refractivity contribution in [1.82, 2.24) is 14.7 Å². The molecule has 1 fully saturated rings. The van der Waals surface area contributed by atoms with Gasteiger partial charge >= 0.3 is 0 Å². The standard InChI is InChI=1S/C19H26N4O2/c1-13(2)17-10-18(22(3)21-17)20-19(25)15-6-4-14(5-7-15)11-23-9-8-16(24)12-23/h4-7,10,13,16,24H,8-9,11-12H2,1-3H3,(H,20,25)/t16-/m0/s1. The van der Waals surface area contributed by atoms with E-state index >= 15 is 0 Å². The number of nitrogens with zero attached hydrogens (tertiary/aromatic N) is 3. The first-order valence-electron chi connectivity index (χ1n) is 8.77. The molecular weight excluding hydrogens is 316 g/mol. The number of carbonyl (C=O) groups is 1. The van der Waals surface area contributed by atoms with Crippen LogP contribution in [0.25, 0.3) is 0 Å². The van der Waals surface area contributed by atoms with Crippen molar-refractivity contribution in [2.24, 2.45) is 7.05 Å². The number of aliphatic hydroxyl groups excluding tert-OH is 1. The van der Waals surface area contributed by atoms with Crippen LogP contribution in [0, 0.1) is 0 Å². The molecule has 1 aliphatic rings. The first-order chi connectivity index (χ1) is 11.9. The summed E-state index contributed by atoms with van der Waals surface area (Å²) < 4.78 is 1.69. The molecule has 1 atom stereocenters.